The number of benzene rings is 1. The van der Waals surface area contributed by atoms with Gasteiger partial charge in [-0.05, 0) is 50.0 Å². The lowest BCUT2D eigenvalue weighted by atomic mass is 9.98. The third-order valence-electron chi connectivity index (χ3n) is 2.95. The van der Waals surface area contributed by atoms with Crippen LogP contribution < -0.4 is 0 Å². The number of hydrogen-bond acceptors (Lipinski definition) is 3. The second-order valence-electron chi connectivity index (χ2n) is 4.18. The van der Waals surface area contributed by atoms with Crippen LogP contribution in [0.25, 0.3) is 0 Å². The van der Waals surface area contributed by atoms with E-state index in [-0.39, 0.29) is 0 Å². The summed E-state index contributed by atoms with van der Waals surface area (Å²) in [5.74, 6) is 0. The molecule has 16 heavy (non-hydrogen) atoms. The Hall–Kier alpha value is -0.540. The van der Waals surface area contributed by atoms with Gasteiger partial charge < -0.3 is 4.74 Å². The Morgan fingerprint density at radius 1 is 1.19 bits per heavy atom. The van der Waals surface area contributed by atoms with E-state index in [1.807, 2.05) is 24.3 Å². The fourth-order valence-electron chi connectivity index (χ4n) is 2.04. The van der Waals surface area contributed by atoms with Crippen molar-refractivity contribution in [3.63, 3.8) is 0 Å². The van der Waals surface area contributed by atoms with Crippen LogP contribution >= 0.6 is 24.8 Å². The zero-order valence-electron chi connectivity index (χ0n) is 9.19. The van der Waals surface area contributed by atoms with Crippen LogP contribution in [0.2, 0.25) is 0 Å². The van der Waals surface area contributed by atoms with E-state index in [9.17, 15) is 0 Å². The zero-order valence-corrected chi connectivity index (χ0v) is 10.9. The third-order valence-corrected chi connectivity index (χ3v) is 3.66. The predicted molar refractivity (Wildman–Crippen MR) is 73.4 cm³/mol. The molecule has 0 saturated heterocycles. The van der Waals surface area contributed by atoms with Crippen LogP contribution in [0.15, 0.2) is 29.2 Å². The standard InChI is InChI=1S/C13H16OS2/c15-12-9-5-4-8-11(12)13(16)14-10-6-2-1-3-7-10/h4-5,8-10,15H,1-3,6-7H2. The van der Waals surface area contributed by atoms with Crippen molar-refractivity contribution in [2.24, 2.45) is 0 Å². The molecule has 1 aromatic rings. The molecule has 1 aliphatic carbocycles. The molecule has 2 rings (SSSR count). The van der Waals surface area contributed by atoms with Gasteiger partial charge in [0.15, 0.2) is 5.05 Å². The zero-order chi connectivity index (χ0) is 11.4. The summed E-state index contributed by atoms with van der Waals surface area (Å²) in [7, 11) is 0. The van der Waals surface area contributed by atoms with Crippen LogP contribution in [0, 0.1) is 0 Å². The molecule has 1 saturated carbocycles. The highest BCUT2D eigenvalue weighted by Gasteiger charge is 2.17. The van der Waals surface area contributed by atoms with Crippen molar-refractivity contribution in [2.45, 2.75) is 43.1 Å². The van der Waals surface area contributed by atoms with Gasteiger partial charge in [-0.2, -0.15) is 0 Å². The summed E-state index contributed by atoms with van der Waals surface area (Å²) >= 11 is 9.71. The van der Waals surface area contributed by atoms with Gasteiger partial charge >= 0.3 is 0 Å². The highest BCUT2D eigenvalue weighted by Crippen LogP contribution is 2.23. The molecule has 0 N–H and O–H groups in total. The van der Waals surface area contributed by atoms with Crippen molar-refractivity contribution < 1.29 is 4.74 Å². The van der Waals surface area contributed by atoms with E-state index in [4.69, 9.17) is 17.0 Å². The maximum atomic E-state index is 5.84. The Balaban J connectivity index is 2.00. The minimum absolute atomic E-state index is 0.314. The van der Waals surface area contributed by atoms with Gasteiger partial charge in [0.2, 0.25) is 0 Å². The average molecular weight is 252 g/mol. The highest BCUT2D eigenvalue weighted by atomic mass is 32.1. The normalized spacial score (nSPS) is 17.1. The summed E-state index contributed by atoms with van der Waals surface area (Å²) < 4.78 is 5.84. The van der Waals surface area contributed by atoms with Crippen LogP contribution in [0.3, 0.4) is 0 Å². The molecule has 1 aliphatic rings. The minimum atomic E-state index is 0.314. The van der Waals surface area contributed by atoms with E-state index in [0.29, 0.717) is 11.2 Å². The second kappa shape index (κ2) is 5.69. The van der Waals surface area contributed by atoms with E-state index < -0.39 is 0 Å². The van der Waals surface area contributed by atoms with Crippen LogP contribution in [0.4, 0.5) is 0 Å². The van der Waals surface area contributed by atoms with Gasteiger partial charge in [-0.25, -0.2) is 0 Å². The number of rotatable bonds is 2. The quantitative estimate of drug-likeness (QED) is 0.629. The molecule has 0 bridgehead atoms. The summed E-state index contributed by atoms with van der Waals surface area (Å²) in [6.07, 6.45) is 6.43. The van der Waals surface area contributed by atoms with Crippen LogP contribution in [0.1, 0.15) is 37.7 Å². The van der Waals surface area contributed by atoms with E-state index in [1.165, 1.54) is 19.3 Å². The first-order valence-corrected chi connectivity index (χ1v) is 6.62. The van der Waals surface area contributed by atoms with Crippen molar-refractivity contribution in [3.05, 3.63) is 29.8 Å². The smallest absolute Gasteiger partial charge is 0.192 e. The molecule has 0 heterocycles. The van der Waals surface area contributed by atoms with Gasteiger partial charge in [0.05, 0.1) is 6.10 Å². The molecule has 0 aliphatic heterocycles. The van der Waals surface area contributed by atoms with Crippen LogP contribution in [-0.2, 0) is 4.74 Å². The van der Waals surface area contributed by atoms with Crippen molar-refractivity contribution >= 4 is 29.9 Å². The maximum absolute atomic E-state index is 5.84. The first kappa shape index (κ1) is 11.9. The third kappa shape index (κ3) is 2.98. The fourth-order valence-corrected chi connectivity index (χ4v) is 2.70. The lowest BCUT2D eigenvalue weighted by molar-refractivity contribution is 0.148. The minimum Gasteiger partial charge on any atom is -0.480 e. The van der Waals surface area contributed by atoms with Gasteiger partial charge in [0, 0.05) is 10.5 Å². The molecule has 0 radical (unpaired) electrons. The summed E-state index contributed by atoms with van der Waals surface area (Å²) in [5.41, 5.74) is 0.936. The molecular formula is C13H16OS2. The number of hydrogen-bond donors (Lipinski definition) is 1. The molecule has 0 aromatic heterocycles. The van der Waals surface area contributed by atoms with Gasteiger partial charge in [0.25, 0.3) is 0 Å². The van der Waals surface area contributed by atoms with Crippen LogP contribution in [0.5, 0.6) is 0 Å². The number of thiol groups is 1. The molecule has 0 unspecified atom stereocenters. The number of ether oxygens (including phenoxy) is 1. The van der Waals surface area contributed by atoms with Crippen molar-refractivity contribution in [2.75, 3.05) is 0 Å². The predicted octanol–water partition coefficient (Wildman–Crippen LogP) is 4.00. The topological polar surface area (TPSA) is 9.23 Å². The SMILES string of the molecule is S=C(OC1CCCCC1)c1ccccc1S. The molecular weight excluding hydrogens is 236 g/mol. The van der Waals surface area contributed by atoms with E-state index in [2.05, 4.69) is 12.6 Å². The molecule has 1 aromatic carbocycles. The molecule has 1 nitrogen and oxygen atoms in total. The molecule has 86 valence electrons. The maximum Gasteiger partial charge on any atom is 0.192 e. The fraction of sp³-hybridized carbons (Fsp3) is 0.462. The molecule has 0 amide bonds. The van der Waals surface area contributed by atoms with Gasteiger partial charge in [-0.15, -0.1) is 12.6 Å². The average Bonchev–Trinajstić information content (AvgIpc) is 2.31. The lowest BCUT2D eigenvalue weighted by Crippen LogP contribution is -2.20. The van der Waals surface area contributed by atoms with Gasteiger partial charge in [-0.1, -0.05) is 18.6 Å². The summed E-state index contributed by atoms with van der Waals surface area (Å²) in [6, 6.07) is 7.82. The van der Waals surface area contributed by atoms with Gasteiger partial charge in [0.1, 0.15) is 0 Å². The second-order valence-corrected chi connectivity index (χ2v) is 5.04. The summed E-state index contributed by atoms with van der Waals surface area (Å²) in [6.45, 7) is 0. The largest absolute Gasteiger partial charge is 0.480 e. The van der Waals surface area contributed by atoms with E-state index in [1.54, 1.807) is 0 Å². The first-order chi connectivity index (χ1) is 7.77. The molecule has 0 atom stereocenters. The first-order valence-electron chi connectivity index (χ1n) is 5.76. The van der Waals surface area contributed by atoms with Crippen LogP contribution in [-0.4, -0.2) is 11.2 Å². The Labute approximate surface area is 108 Å². The van der Waals surface area contributed by atoms with Crippen molar-refractivity contribution in [3.8, 4) is 0 Å². The van der Waals surface area contributed by atoms with E-state index in [0.717, 1.165) is 23.3 Å². The van der Waals surface area contributed by atoms with Gasteiger partial charge in [-0.3, -0.25) is 0 Å². The Morgan fingerprint density at radius 3 is 2.56 bits per heavy atom. The lowest BCUT2D eigenvalue weighted by Gasteiger charge is -2.23. The molecule has 3 heteroatoms. The summed E-state index contributed by atoms with van der Waals surface area (Å²) in [5, 5.41) is 0.595. The number of thiocarbonyl (C=S) groups is 1. The Kier molecular flexibility index (Phi) is 4.24. The van der Waals surface area contributed by atoms with Crippen molar-refractivity contribution in [1.82, 2.24) is 0 Å². The monoisotopic (exact) mass is 252 g/mol. The molecule has 0 spiro atoms. The van der Waals surface area contributed by atoms with Crippen molar-refractivity contribution in [1.29, 1.82) is 0 Å². The Bertz CT molecular complexity index is 370. The Morgan fingerprint density at radius 2 is 1.88 bits per heavy atom. The molecule has 1 fully saturated rings. The van der Waals surface area contributed by atoms with E-state index >= 15 is 0 Å². The summed E-state index contributed by atoms with van der Waals surface area (Å²) in [4.78, 5) is 0.892. The highest BCUT2D eigenvalue weighted by molar-refractivity contribution is 7.81.